The van der Waals surface area contributed by atoms with Crippen LogP contribution in [0, 0.1) is 0 Å². The average molecular weight is 384 g/mol. The van der Waals surface area contributed by atoms with Crippen molar-refractivity contribution in [3.63, 3.8) is 0 Å². The zero-order chi connectivity index (χ0) is 19.8. The molecule has 150 valence electrons. The monoisotopic (exact) mass is 383 g/mol. The summed E-state index contributed by atoms with van der Waals surface area (Å²) in [4.78, 5) is 13.7. The summed E-state index contributed by atoms with van der Waals surface area (Å²) in [5.41, 5.74) is 2.11. The lowest BCUT2D eigenvalue weighted by molar-refractivity contribution is -0.921. The molecule has 0 saturated carbocycles. The van der Waals surface area contributed by atoms with Crippen LogP contribution in [0.5, 0.6) is 11.5 Å². The van der Waals surface area contributed by atoms with Crippen LogP contribution in [0.25, 0.3) is 0 Å². The van der Waals surface area contributed by atoms with Gasteiger partial charge in [0.05, 0.1) is 19.7 Å². The lowest BCUT2D eigenvalue weighted by atomic mass is 10.0. The lowest BCUT2D eigenvalue weighted by Gasteiger charge is -2.29. The molecule has 2 aromatic rings. The van der Waals surface area contributed by atoms with Gasteiger partial charge in [0.1, 0.15) is 6.61 Å². The predicted octanol–water partition coefficient (Wildman–Crippen LogP) is 2.35. The summed E-state index contributed by atoms with van der Waals surface area (Å²) in [6.45, 7) is 4.87. The molecule has 0 spiro atoms. The number of piperidine rings is 1. The first-order chi connectivity index (χ1) is 13.7. The molecule has 0 radical (unpaired) electrons. The highest BCUT2D eigenvalue weighted by Crippen LogP contribution is 2.28. The van der Waals surface area contributed by atoms with Gasteiger partial charge in [-0.3, -0.25) is 4.79 Å². The third-order valence-corrected chi connectivity index (χ3v) is 5.42. The van der Waals surface area contributed by atoms with Crippen LogP contribution in [-0.2, 0) is 17.9 Å². The molecule has 5 nitrogen and oxygen atoms in total. The molecule has 0 aliphatic carbocycles. The Morgan fingerprint density at radius 1 is 1.11 bits per heavy atom. The fourth-order valence-electron chi connectivity index (χ4n) is 3.66. The quantitative estimate of drug-likeness (QED) is 0.736. The molecule has 0 aromatic heterocycles. The number of likely N-dealkylation sites (tertiary alicyclic amines) is 1. The number of hydrogen-bond donors (Lipinski definition) is 2. The third-order valence-electron chi connectivity index (χ3n) is 5.42. The van der Waals surface area contributed by atoms with E-state index in [1.165, 1.54) is 24.2 Å². The first kappa shape index (κ1) is 20.2. The van der Waals surface area contributed by atoms with E-state index in [9.17, 15) is 4.79 Å². The van der Waals surface area contributed by atoms with E-state index < -0.39 is 0 Å². The Balaban J connectivity index is 1.52. The second kappa shape index (κ2) is 10.1. The highest BCUT2D eigenvalue weighted by atomic mass is 16.5. The highest BCUT2D eigenvalue weighted by Gasteiger charge is 2.24. The Kier molecular flexibility index (Phi) is 7.31. The predicted molar refractivity (Wildman–Crippen MR) is 110 cm³/mol. The summed E-state index contributed by atoms with van der Waals surface area (Å²) in [5, 5.41) is 3.04. The molecule has 1 amide bonds. The second-order valence-electron chi connectivity index (χ2n) is 7.52. The Morgan fingerprint density at radius 2 is 1.93 bits per heavy atom. The average Bonchev–Trinajstić information content (AvgIpc) is 2.73. The van der Waals surface area contributed by atoms with Gasteiger partial charge in [-0.25, -0.2) is 0 Å². The number of carbonyl (C=O) groups is 1. The van der Waals surface area contributed by atoms with Gasteiger partial charge in [0.25, 0.3) is 5.91 Å². The van der Waals surface area contributed by atoms with Crippen LogP contribution in [0.3, 0.4) is 0 Å². The number of benzene rings is 2. The molecule has 1 aliphatic heterocycles. The van der Waals surface area contributed by atoms with Crippen LogP contribution < -0.4 is 19.7 Å². The van der Waals surface area contributed by atoms with E-state index in [2.05, 4.69) is 12.2 Å². The summed E-state index contributed by atoms with van der Waals surface area (Å²) >= 11 is 0. The molecule has 28 heavy (non-hydrogen) atoms. The molecule has 2 N–H and O–H groups in total. The Morgan fingerprint density at radius 3 is 2.68 bits per heavy atom. The van der Waals surface area contributed by atoms with Gasteiger partial charge < -0.3 is 19.7 Å². The van der Waals surface area contributed by atoms with Crippen LogP contribution in [0.4, 0.5) is 0 Å². The standard InChI is InChI=1S/C23H30N2O3/c1-18-8-6-7-13-25(18)16-23(26)24-15-20-11-12-21(22(14-20)27-2)28-17-19-9-4-3-5-10-19/h3-5,9-12,14,18H,6-8,13,15-17H2,1-2H3,(H,24,26)/p+1/t18-/m1/s1. The van der Waals surface area contributed by atoms with Crippen molar-refractivity contribution in [1.29, 1.82) is 0 Å². The number of hydrogen-bond acceptors (Lipinski definition) is 3. The van der Waals surface area contributed by atoms with Gasteiger partial charge in [0.15, 0.2) is 18.0 Å². The van der Waals surface area contributed by atoms with Crippen molar-refractivity contribution in [2.75, 3.05) is 20.2 Å². The van der Waals surface area contributed by atoms with Crippen molar-refractivity contribution in [3.8, 4) is 11.5 Å². The van der Waals surface area contributed by atoms with Crippen molar-refractivity contribution in [1.82, 2.24) is 5.32 Å². The number of amides is 1. The Labute approximate surface area is 167 Å². The Hall–Kier alpha value is -2.53. The minimum Gasteiger partial charge on any atom is -0.493 e. The molecule has 1 saturated heterocycles. The third kappa shape index (κ3) is 5.73. The minimum absolute atomic E-state index is 0.104. The van der Waals surface area contributed by atoms with Crippen LogP contribution >= 0.6 is 0 Å². The van der Waals surface area contributed by atoms with Crippen molar-refractivity contribution >= 4 is 5.91 Å². The van der Waals surface area contributed by atoms with Crippen molar-refractivity contribution in [3.05, 3.63) is 59.7 Å². The van der Waals surface area contributed by atoms with E-state index in [1.807, 2.05) is 48.5 Å². The summed E-state index contributed by atoms with van der Waals surface area (Å²) in [6.07, 6.45) is 3.71. The molecular formula is C23H31N2O3+. The number of ether oxygens (including phenoxy) is 2. The molecule has 1 unspecified atom stereocenters. The van der Waals surface area contributed by atoms with Crippen molar-refractivity contribution in [2.24, 2.45) is 0 Å². The molecule has 1 fully saturated rings. The number of quaternary nitrogens is 1. The van der Waals surface area contributed by atoms with Crippen LogP contribution in [0.1, 0.15) is 37.3 Å². The number of rotatable bonds is 8. The summed E-state index contributed by atoms with van der Waals surface area (Å²) < 4.78 is 11.4. The number of nitrogens with one attached hydrogen (secondary N) is 2. The molecular weight excluding hydrogens is 352 g/mol. The first-order valence-electron chi connectivity index (χ1n) is 10.1. The van der Waals surface area contributed by atoms with Gasteiger partial charge >= 0.3 is 0 Å². The fourth-order valence-corrected chi connectivity index (χ4v) is 3.66. The zero-order valence-electron chi connectivity index (χ0n) is 16.9. The van der Waals surface area contributed by atoms with E-state index in [1.54, 1.807) is 7.11 Å². The fraction of sp³-hybridized carbons (Fsp3) is 0.435. The van der Waals surface area contributed by atoms with E-state index in [0.29, 0.717) is 37.2 Å². The summed E-state index contributed by atoms with van der Waals surface area (Å²) in [5.74, 6) is 1.48. The SMILES string of the molecule is COc1cc(CNC(=O)C[NH+]2CCCC[C@H]2C)ccc1OCc1ccccc1. The van der Waals surface area contributed by atoms with Crippen LogP contribution in [0.15, 0.2) is 48.5 Å². The Bertz CT molecular complexity index is 764. The van der Waals surface area contributed by atoms with Crippen molar-refractivity contribution in [2.45, 2.75) is 45.4 Å². The van der Waals surface area contributed by atoms with Gasteiger partial charge in [0.2, 0.25) is 0 Å². The van der Waals surface area contributed by atoms with Crippen LogP contribution in [0.2, 0.25) is 0 Å². The normalized spacial score (nSPS) is 19.1. The van der Waals surface area contributed by atoms with E-state index >= 15 is 0 Å². The van der Waals surface area contributed by atoms with E-state index in [0.717, 1.165) is 17.7 Å². The second-order valence-corrected chi connectivity index (χ2v) is 7.52. The van der Waals surface area contributed by atoms with E-state index in [4.69, 9.17) is 9.47 Å². The van der Waals surface area contributed by atoms with Gasteiger partial charge in [0, 0.05) is 6.54 Å². The minimum atomic E-state index is 0.104. The van der Waals surface area contributed by atoms with Gasteiger partial charge in [-0.05, 0) is 49.4 Å². The number of carbonyl (C=O) groups excluding carboxylic acids is 1. The van der Waals surface area contributed by atoms with Crippen LogP contribution in [-0.4, -0.2) is 32.1 Å². The molecule has 0 bridgehead atoms. The van der Waals surface area contributed by atoms with Gasteiger partial charge in [-0.1, -0.05) is 36.4 Å². The highest BCUT2D eigenvalue weighted by molar-refractivity contribution is 5.76. The van der Waals surface area contributed by atoms with Crippen molar-refractivity contribution < 1.29 is 19.2 Å². The van der Waals surface area contributed by atoms with Gasteiger partial charge in [-0.2, -0.15) is 0 Å². The zero-order valence-corrected chi connectivity index (χ0v) is 16.9. The molecule has 1 aliphatic rings. The largest absolute Gasteiger partial charge is 0.493 e. The summed E-state index contributed by atoms with van der Waals surface area (Å²) in [6, 6.07) is 16.4. The topological polar surface area (TPSA) is 52.0 Å². The lowest BCUT2D eigenvalue weighted by Crippen LogP contribution is -3.17. The molecule has 5 heteroatoms. The van der Waals surface area contributed by atoms with Gasteiger partial charge in [-0.15, -0.1) is 0 Å². The maximum Gasteiger partial charge on any atom is 0.275 e. The molecule has 1 heterocycles. The molecule has 3 rings (SSSR count). The smallest absolute Gasteiger partial charge is 0.275 e. The number of methoxy groups -OCH3 is 1. The maximum atomic E-state index is 12.3. The first-order valence-corrected chi connectivity index (χ1v) is 10.1. The molecule has 2 aromatic carbocycles. The maximum absolute atomic E-state index is 12.3. The summed E-state index contributed by atoms with van der Waals surface area (Å²) in [7, 11) is 1.63. The molecule has 2 atom stereocenters. The van der Waals surface area contributed by atoms with E-state index in [-0.39, 0.29) is 5.91 Å².